The van der Waals surface area contributed by atoms with Crippen molar-refractivity contribution in [3.63, 3.8) is 0 Å². The van der Waals surface area contributed by atoms with E-state index in [1.54, 1.807) is 54.0 Å². The zero-order valence-electron chi connectivity index (χ0n) is 39.8. The topological polar surface area (TPSA) is 259 Å². The molecule has 3 aliphatic heterocycles. The summed E-state index contributed by atoms with van der Waals surface area (Å²) in [6, 6.07) is 5.06. The molecular weight excluding hydrogens is 1030 g/mol. The molecule has 0 aliphatic carbocycles. The van der Waals surface area contributed by atoms with Crippen LogP contribution in [0, 0.1) is 0 Å². The highest BCUT2D eigenvalue weighted by molar-refractivity contribution is 9.09. The SMILES string of the molecule is C=P(C)(C)CC[C@H]1O[C@@H](n2cnc3c(N)ccnc32)[C@H](Br)[C@@H]1O.C=P(C)(C)CC[C@H]1O[C@@H](n2cnc3c(N)ccnc32)[C@H](Cl)[C@@H]1O.C=P(C)(C)CC[C@H]1O[C@@H](n2cnc3c(N)ccnc32)[C@H](F)[C@@H]1O. The molecule has 0 amide bonds. The Morgan fingerprint density at radius 2 is 0.913 bits per heavy atom. The Kier molecular flexibility index (Phi) is 16.5. The Morgan fingerprint density at radius 3 is 1.32 bits per heavy atom. The number of nitrogens with zero attached hydrogens (tertiary/aromatic N) is 9. The summed E-state index contributed by atoms with van der Waals surface area (Å²) in [5.74, 6) is 0. The van der Waals surface area contributed by atoms with E-state index >= 15 is 0 Å². The fraction of sp³-hybridized carbons (Fsp3) is 0.533. The minimum absolute atomic E-state index is 0.219. The first kappa shape index (κ1) is 53.4. The van der Waals surface area contributed by atoms with Gasteiger partial charge in [-0.05, 0) is 95.9 Å². The summed E-state index contributed by atoms with van der Waals surface area (Å²) in [4.78, 5) is 25.4. The molecular formula is C45H66BrClFN12O6P3. The van der Waals surface area contributed by atoms with Crippen molar-refractivity contribution in [1.82, 2.24) is 43.6 Å². The van der Waals surface area contributed by atoms with Crippen molar-refractivity contribution >= 4 is 118 Å². The van der Waals surface area contributed by atoms with Crippen molar-refractivity contribution < 1.29 is 33.9 Å². The molecule has 0 saturated carbocycles. The molecule has 6 aromatic heterocycles. The van der Waals surface area contributed by atoms with Crippen LogP contribution in [0.3, 0.4) is 0 Å². The number of nitrogen functional groups attached to an aromatic ring is 3. The maximum absolute atomic E-state index is 14.6. The second kappa shape index (κ2) is 21.4. The van der Waals surface area contributed by atoms with Crippen LogP contribution in [0.25, 0.3) is 33.5 Å². The number of rotatable bonds is 12. The van der Waals surface area contributed by atoms with E-state index < -0.39 is 69.1 Å². The molecule has 0 unspecified atom stereocenters. The number of aliphatic hydroxyl groups excluding tert-OH is 3. The van der Waals surface area contributed by atoms with Crippen molar-refractivity contribution in [1.29, 1.82) is 0 Å². The summed E-state index contributed by atoms with van der Waals surface area (Å²) in [5.41, 5.74) is 22.8. The van der Waals surface area contributed by atoms with Gasteiger partial charge in [0.05, 0.1) is 65.3 Å². The molecule has 3 aliphatic rings. The lowest BCUT2D eigenvalue weighted by molar-refractivity contribution is -0.0234. The quantitative estimate of drug-likeness (QED) is 0.0623. The summed E-state index contributed by atoms with van der Waals surface area (Å²) in [6.45, 7) is 9.35. The minimum Gasteiger partial charge on any atom is -0.397 e. The van der Waals surface area contributed by atoms with Crippen LogP contribution in [0.15, 0.2) is 55.8 Å². The van der Waals surface area contributed by atoms with Gasteiger partial charge in [-0.15, -0.1) is 51.2 Å². The number of aliphatic hydroxyl groups is 3. The van der Waals surface area contributed by atoms with Gasteiger partial charge in [0.15, 0.2) is 41.8 Å². The standard InChI is InChI=1S/C15H22BrN4O2P.C15H22ClN4O2P.C15H22FN4O2P/c3*1-23(2,3)7-5-10-13(21)11(16)15(22-10)20-8-19-12-9(17)4-6-18-14(12)20/h3*4,6,8,10-11,13,15,21H,1,5,7H2,2-3H3,(H2,17,18)/t3*10-,11-,13-,15-/m111/s1. The van der Waals surface area contributed by atoms with E-state index in [0.29, 0.717) is 57.0 Å². The molecule has 3 fully saturated rings. The number of ether oxygens (including phenoxy) is 3. The monoisotopic (exact) mass is 1100 g/mol. The molecule has 3 saturated heterocycles. The highest BCUT2D eigenvalue weighted by Gasteiger charge is 2.47. The predicted molar refractivity (Wildman–Crippen MR) is 289 cm³/mol. The Balaban J connectivity index is 0.000000153. The van der Waals surface area contributed by atoms with Crippen molar-refractivity contribution in [2.75, 3.05) is 75.7 Å². The molecule has 9 heterocycles. The summed E-state index contributed by atoms with van der Waals surface area (Å²) >= 11 is 9.98. The number of alkyl halides is 3. The third kappa shape index (κ3) is 12.3. The second-order valence-electron chi connectivity index (χ2n) is 20.0. The molecule has 0 radical (unpaired) electrons. The predicted octanol–water partition coefficient (Wildman–Crippen LogP) is 5.82. The van der Waals surface area contributed by atoms with Crippen LogP contribution in [0.5, 0.6) is 0 Å². The normalized spacial score (nSPS) is 28.5. The lowest BCUT2D eigenvalue weighted by atomic mass is 10.1. The fourth-order valence-electron chi connectivity index (χ4n) is 8.35. The van der Waals surface area contributed by atoms with Gasteiger partial charge in [-0.25, -0.2) is 34.3 Å². The largest absolute Gasteiger partial charge is 0.397 e. The molecule has 12 atom stereocenters. The van der Waals surface area contributed by atoms with E-state index in [-0.39, 0.29) is 23.3 Å². The van der Waals surface area contributed by atoms with Gasteiger partial charge in [0.2, 0.25) is 0 Å². The Labute approximate surface area is 415 Å². The van der Waals surface area contributed by atoms with Crippen LogP contribution in [0.1, 0.15) is 37.9 Å². The van der Waals surface area contributed by atoms with Gasteiger partial charge in [-0.3, -0.25) is 13.7 Å². The Hall–Kier alpha value is -3.38. The van der Waals surface area contributed by atoms with Crippen LogP contribution < -0.4 is 17.2 Å². The van der Waals surface area contributed by atoms with Gasteiger partial charge in [-0.2, -0.15) is 0 Å². The van der Waals surface area contributed by atoms with Gasteiger partial charge < -0.3 is 46.7 Å². The fourth-order valence-corrected chi connectivity index (χ4v) is 12.3. The number of nitrogens with two attached hydrogens (primary N) is 3. The van der Waals surface area contributed by atoms with E-state index in [1.165, 1.54) is 10.9 Å². The third-order valence-corrected chi connectivity index (χ3v) is 18.1. The molecule has 9 rings (SSSR count). The van der Waals surface area contributed by atoms with Crippen LogP contribution in [-0.2, 0) is 14.2 Å². The van der Waals surface area contributed by atoms with Crippen molar-refractivity contribution in [3.05, 3.63) is 55.8 Å². The van der Waals surface area contributed by atoms with Crippen LogP contribution in [-0.4, -0.2) is 189 Å². The lowest BCUT2D eigenvalue weighted by Gasteiger charge is -2.18. The van der Waals surface area contributed by atoms with Gasteiger partial charge >= 0.3 is 0 Å². The first-order chi connectivity index (χ1) is 32.3. The van der Waals surface area contributed by atoms with Crippen LogP contribution in [0.4, 0.5) is 21.5 Å². The minimum atomic E-state index is -1.54. The maximum Gasteiger partial charge on any atom is 0.173 e. The number of aromatic nitrogens is 9. The number of fused-ring (bicyclic) bond motifs is 3. The van der Waals surface area contributed by atoms with E-state index in [1.807, 2.05) is 4.57 Å². The molecule has 378 valence electrons. The van der Waals surface area contributed by atoms with Gasteiger partial charge in [0.1, 0.15) is 34.1 Å². The number of anilines is 3. The van der Waals surface area contributed by atoms with E-state index in [9.17, 15) is 19.7 Å². The Morgan fingerprint density at radius 1 is 0.580 bits per heavy atom. The molecule has 24 heteroatoms. The lowest BCUT2D eigenvalue weighted by Crippen LogP contribution is -2.29. The molecule has 0 bridgehead atoms. The molecule has 69 heavy (non-hydrogen) atoms. The van der Waals surface area contributed by atoms with E-state index in [4.69, 9.17) is 43.0 Å². The molecule has 0 aromatic carbocycles. The summed E-state index contributed by atoms with van der Waals surface area (Å²) in [6.07, 6.45) is 20.1. The summed E-state index contributed by atoms with van der Waals surface area (Å²) in [5, 5.41) is 30.5. The number of halogens is 3. The molecule has 0 spiro atoms. The number of pyridine rings is 3. The van der Waals surface area contributed by atoms with Crippen LogP contribution >= 0.6 is 48.2 Å². The van der Waals surface area contributed by atoms with E-state index in [0.717, 1.165) is 31.3 Å². The average Bonchev–Trinajstić information content (AvgIpc) is 4.14. The number of imidazole rings is 3. The summed E-state index contributed by atoms with van der Waals surface area (Å²) in [7, 11) is 0. The number of hydrogen-bond acceptors (Lipinski definition) is 15. The third-order valence-electron chi connectivity index (χ3n) is 12.2. The van der Waals surface area contributed by atoms with Gasteiger partial charge in [-0.1, -0.05) is 15.9 Å². The zero-order valence-corrected chi connectivity index (χ0v) is 44.8. The van der Waals surface area contributed by atoms with Crippen LogP contribution in [0.2, 0.25) is 0 Å². The van der Waals surface area contributed by atoms with Crippen molar-refractivity contribution in [3.8, 4) is 0 Å². The van der Waals surface area contributed by atoms with Crippen molar-refractivity contribution in [2.24, 2.45) is 0 Å². The highest BCUT2D eigenvalue weighted by atomic mass is 79.9. The van der Waals surface area contributed by atoms with Crippen molar-refractivity contribution in [2.45, 2.75) is 90.9 Å². The maximum atomic E-state index is 14.6. The molecule has 6 aromatic rings. The second-order valence-corrected chi connectivity index (χ2v) is 34.5. The smallest absolute Gasteiger partial charge is 0.173 e. The number of hydrogen-bond donors (Lipinski definition) is 6. The first-order valence-electron chi connectivity index (χ1n) is 22.5. The molecule has 18 nitrogen and oxygen atoms in total. The molecule has 9 N–H and O–H groups in total. The highest BCUT2D eigenvalue weighted by Crippen LogP contribution is 2.44. The van der Waals surface area contributed by atoms with Gasteiger partial charge in [0.25, 0.3) is 0 Å². The van der Waals surface area contributed by atoms with Gasteiger partial charge in [0, 0.05) is 18.6 Å². The zero-order chi connectivity index (χ0) is 50.3. The Bertz CT molecular complexity index is 2590. The summed E-state index contributed by atoms with van der Waals surface area (Å²) < 4.78 is 37.6. The van der Waals surface area contributed by atoms with E-state index in [2.05, 4.69) is 105 Å². The average molecular weight is 1100 g/mol. The first-order valence-corrected chi connectivity index (χ1v) is 33.0.